The van der Waals surface area contributed by atoms with Gasteiger partial charge in [-0.1, -0.05) is 36.4 Å². The fourth-order valence-electron chi connectivity index (χ4n) is 2.33. The summed E-state index contributed by atoms with van der Waals surface area (Å²) >= 11 is 0. The molecule has 0 aliphatic rings. The second kappa shape index (κ2) is 6.31. The lowest BCUT2D eigenvalue weighted by molar-refractivity contribution is -0.139. The minimum Gasteiger partial charge on any atom is -0.480 e. The summed E-state index contributed by atoms with van der Waals surface area (Å²) in [5.74, 6) is -1.58. The smallest absolute Gasteiger partial charge is 0.326 e. The lowest BCUT2D eigenvalue weighted by atomic mass is 10.1. The van der Waals surface area contributed by atoms with E-state index in [1.165, 1.54) is 0 Å². The first kappa shape index (κ1) is 14.8. The molecule has 116 valence electrons. The zero-order valence-corrected chi connectivity index (χ0v) is 12.2. The van der Waals surface area contributed by atoms with Crippen molar-refractivity contribution < 1.29 is 14.7 Å². The fraction of sp³-hybridized carbons (Fsp3) is 0.118. The van der Waals surface area contributed by atoms with E-state index < -0.39 is 17.9 Å². The summed E-state index contributed by atoms with van der Waals surface area (Å²) in [5.41, 5.74) is 1.67. The molecule has 1 amide bonds. The maximum Gasteiger partial charge on any atom is 0.326 e. The number of fused-ring (bicyclic) bond motifs is 1. The normalized spacial score (nSPS) is 12.0. The van der Waals surface area contributed by atoms with Crippen molar-refractivity contribution in [2.45, 2.75) is 12.5 Å². The molecular formula is C17H15N3O3. The highest BCUT2D eigenvalue weighted by atomic mass is 16.4. The number of carbonyl (C=O) groups is 2. The Morgan fingerprint density at radius 3 is 2.57 bits per heavy atom. The lowest BCUT2D eigenvalue weighted by Crippen LogP contribution is -2.42. The molecule has 0 unspecified atom stereocenters. The summed E-state index contributed by atoms with van der Waals surface area (Å²) in [6, 6.07) is 13.6. The van der Waals surface area contributed by atoms with Crippen molar-refractivity contribution >= 4 is 17.5 Å². The van der Waals surface area contributed by atoms with Gasteiger partial charge in [-0.15, -0.1) is 0 Å². The number of aliphatic carboxylic acids is 1. The Hall–Kier alpha value is -3.15. The maximum atomic E-state index is 12.3. The summed E-state index contributed by atoms with van der Waals surface area (Å²) in [6.45, 7) is 0. The van der Waals surface area contributed by atoms with Crippen LogP contribution in [0.3, 0.4) is 0 Å². The average molecular weight is 309 g/mol. The number of carbonyl (C=O) groups excluding carboxylic acids is 1. The number of pyridine rings is 1. The van der Waals surface area contributed by atoms with E-state index in [0.29, 0.717) is 5.65 Å². The molecule has 1 atom stereocenters. The Morgan fingerprint density at radius 2 is 1.87 bits per heavy atom. The van der Waals surface area contributed by atoms with Crippen molar-refractivity contribution in [3.8, 4) is 0 Å². The molecular weight excluding hydrogens is 294 g/mol. The number of carboxylic acids is 1. The highest BCUT2D eigenvalue weighted by Crippen LogP contribution is 2.07. The van der Waals surface area contributed by atoms with Crippen LogP contribution in [-0.4, -0.2) is 32.4 Å². The van der Waals surface area contributed by atoms with Crippen molar-refractivity contribution in [1.29, 1.82) is 0 Å². The second-order valence-corrected chi connectivity index (χ2v) is 5.15. The molecule has 0 aliphatic carbocycles. The van der Waals surface area contributed by atoms with Gasteiger partial charge >= 0.3 is 5.97 Å². The number of imidazole rings is 1. The summed E-state index contributed by atoms with van der Waals surface area (Å²) in [5, 5.41) is 11.9. The first-order chi connectivity index (χ1) is 11.1. The number of nitrogens with one attached hydrogen (secondary N) is 1. The molecule has 6 nitrogen and oxygen atoms in total. The van der Waals surface area contributed by atoms with Gasteiger partial charge in [-0.3, -0.25) is 4.79 Å². The zero-order valence-electron chi connectivity index (χ0n) is 12.2. The Bertz CT molecular complexity index is 809. The number of rotatable bonds is 5. The maximum absolute atomic E-state index is 12.3. The molecule has 0 bridgehead atoms. The third kappa shape index (κ3) is 3.37. The van der Waals surface area contributed by atoms with Crippen LogP contribution in [-0.2, 0) is 11.2 Å². The van der Waals surface area contributed by atoms with Gasteiger partial charge in [-0.25, -0.2) is 9.78 Å². The molecule has 0 saturated heterocycles. The van der Waals surface area contributed by atoms with Crippen molar-refractivity contribution in [1.82, 2.24) is 14.7 Å². The number of aromatic nitrogens is 2. The molecule has 0 radical (unpaired) electrons. The van der Waals surface area contributed by atoms with E-state index in [4.69, 9.17) is 0 Å². The Balaban J connectivity index is 1.76. The van der Waals surface area contributed by atoms with E-state index in [0.717, 1.165) is 5.56 Å². The molecule has 2 heterocycles. The summed E-state index contributed by atoms with van der Waals surface area (Å²) in [6.07, 6.45) is 3.57. The van der Waals surface area contributed by atoms with Crippen LogP contribution in [0.2, 0.25) is 0 Å². The molecule has 0 saturated carbocycles. The molecule has 2 aromatic heterocycles. The van der Waals surface area contributed by atoms with E-state index in [9.17, 15) is 14.7 Å². The second-order valence-electron chi connectivity index (χ2n) is 5.15. The van der Waals surface area contributed by atoms with Gasteiger partial charge < -0.3 is 14.8 Å². The predicted molar refractivity (Wildman–Crippen MR) is 84.2 cm³/mol. The van der Waals surface area contributed by atoms with E-state index in [1.54, 1.807) is 22.9 Å². The van der Waals surface area contributed by atoms with Gasteiger partial charge in [0.05, 0.1) is 0 Å². The van der Waals surface area contributed by atoms with Crippen LogP contribution in [0.25, 0.3) is 5.65 Å². The Labute approximate surface area is 132 Å². The largest absolute Gasteiger partial charge is 0.480 e. The van der Waals surface area contributed by atoms with Gasteiger partial charge in [0.25, 0.3) is 5.91 Å². The van der Waals surface area contributed by atoms with Crippen molar-refractivity contribution in [3.63, 3.8) is 0 Å². The number of benzene rings is 1. The van der Waals surface area contributed by atoms with E-state index >= 15 is 0 Å². The topological polar surface area (TPSA) is 83.7 Å². The van der Waals surface area contributed by atoms with Crippen LogP contribution >= 0.6 is 0 Å². The van der Waals surface area contributed by atoms with Gasteiger partial charge in [-0.05, 0) is 17.7 Å². The van der Waals surface area contributed by atoms with Crippen molar-refractivity contribution in [2.24, 2.45) is 0 Å². The summed E-state index contributed by atoms with van der Waals surface area (Å²) < 4.78 is 1.71. The van der Waals surface area contributed by atoms with Crippen molar-refractivity contribution in [3.05, 3.63) is 72.2 Å². The first-order valence-corrected chi connectivity index (χ1v) is 7.15. The number of amides is 1. The van der Waals surface area contributed by atoms with E-state index in [-0.39, 0.29) is 12.1 Å². The van der Waals surface area contributed by atoms with Crippen LogP contribution < -0.4 is 5.32 Å². The van der Waals surface area contributed by atoms with E-state index in [1.807, 2.05) is 42.5 Å². The van der Waals surface area contributed by atoms with Crippen molar-refractivity contribution in [2.75, 3.05) is 0 Å². The number of hydrogen-bond donors (Lipinski definition) is 2. The third-order valence-electron chi connectivity index (χ3n) is 3.48. The number of nitrogens with zero attached hydrogens (tertiary/aromatic N) is 2. The molecule has 0 fully saturated rings. The number of hydrogen-bond acceptors (Lipinski definition) is 3. The SMILES string of the molecule is O=C(N[C@@H](Cc1ccccc1)C(=O)O)c1cn2ccccc2n1. The van der Waals surface area contributed by atoms with Gasteiger partial charge in [0.1, 0.15) is 17.4 Å². The Kier molecular flexibility index (Phi) is 4.05. The monoisotopic (exact) mass is 309 g/mol. The molecule has 1 aromatic carbocycles. The summed E-state index contributed by atoms with van der Waals surface area (Å²) in [4.78, 5) is 27.9. The minimum atomic E-state index is -1.08. The van der Waals surface area contributed by atoms with Crippen LogP contribution in [0.5, 0.6) is 0 Å². The zero-order chi connectivity index (χ0) is 16.2. The van der Waals surface area contributed by atoms with Gasteiger partial charge in [0, 0.05) is 18.8 Å². The van der Waals surface area contributed by atoms with Crippen LogP contribution in [0, 0.1) is 0 Å². The number of carboxylic acid groups (broad SMARTS) is 1. The lowest BCUT2D eigenvalue weighted by Gasteiger charge is -2.13. The highest BCUT2D eigenvalue weighted by Gasteiger charge is 2.22. The highest BCUT2D eigenvalue weighted by molar-refractivity contribution is 5.95. The van der Waals surface area contributed by atoms with Gasteiger partial charge in [0.15, 0.2) is 0 Å². The minimum absolute atomic E-state index is 0.190. The van der Waals surface area contributed by atoms with Crippen LogP contribution in [0.15, 0.2) is 60.9 Å². The molecule has 3 rings (SSSR count). The quantitative estimate of drug-likeness (QED) is 0.752. The predicted octanol–water partition coefficient (Wildman–Crippen LogP) is 1.76. The summed E-state index contributed by atoms with van der Waals surface area (Å²) in [7, 11) is 0. The van der Waals surface area contributed by atoms with Crippen LogP contribution in [0.4, 0.5) is 0 Å². The van der Waals surface area contributed by atoms with Gasteiger partial charge in [0.2, 0.25) is 0 Å². The molecule has 0 aliphatic heterocycles. The van der Waals surface area contributed by atoms with Gasteiger partial charge in [-0.2, -0.15) is 0 Å². The Morgan fingerprint density at radius 1 is 1.13 bits per heavy atom. The van der Waals surface area contributed by atoms with Crippen LogP contribution in [0.1, 0.15) is 16.1 Å². The molecule has 3 aromatic rings. The molecule has 0 spiro atoms. The average Bonchev–Trinajstić information content (AvgIpc) is 2.99. The third-order valence-corrected chi connectivity index (χ3v) is 3.48. The standard InChI is InChI=1S/C17H15N3O3/c21-16(14-11-20-9-5-4-8-15(20)18-14)19-13(17(22)23)10-12-6-2-1-3-7-12/h1-9,11,13H,10H2,(H,19,21)(H,22,23)/t13-/m0/s1. The molecule has 2 N–H and O–H groups in total. The first-order valence-electron chi connectivity index (χ1n) is 7.15. The molecule has 6 heteroatoms. The molecule has 23 heavy (non-hydrogen) atoms. The fourth-order valence-corrected chi connectivity index (χ4v) is 2.33. The van der Waals surface area contributed by atoms with E-state index in [2.05, 4.69) is 10.3 Å².